The molecule has 0 radical (unpaired) electrons. The Labute approximate surface area is 73.2 Å². The molecule has 1 aromatic heterocycles. The predicted octanol–water partition coefficient (Wildman–Crippen LogP) is 2.42. The van der Waals surface area contributed by atoms with E-state index in [0.29, 0.717) is 0 Å². The molecule has 1 heterocycles. The van der Waals surface area contributed by atoms with Crippen molar-refractivity contribution in [1.82, 2.24) is 0 Å². The lowest BCUT2D eigenvalue weighted by molar-refractivity contribution is 0.441. The normalized spacial score (nSPS) is 12.3. The molecule has 0 aliphatic heterocycles. The first-order chi connectivity index (χ1) is 4.74. The van der Waals surface area contributed by atoms with Crippen molar-refractivity contribution < 1.29 is 4.42 Å². The van der Waals surface area contributed by atoms with Gasteiger partial charge in [-0.3, -0.25) is 0 Å². The number of nitrogens with two attached hydrogens (primary N) is 1. The van der Waals surface area contributed by atoms with Gasteiger partial charge in [0.05, 0.1) is 6.04 Å². The van der Waals surface area contributed by atoms with E-state index in [1.165, 1.54) is 0 Å². The van der Waals surface area contributed by atoms with E-state index < -0.39 is 0 Å². The molecule has 0 spiro atoms. The van der Waals surface area contributed by atoms with Gasteiger partial charge in [-0.25, -0.2) is 0 Å². The van der Waals surface area contributed by atoms with Crippen molar-refractivity contribution in [2.75, 3.05) is 0 Å². The van der Waals surface area contributed by atoms with Gasteiger partial charge in [0.2, 0.25) is 0 Å². The maximum Gasteiger partial charge on any atom is 0.120 e. The molecule has 0 aliphatic carbocycles. The van der Waals surface area contributed by atoms with Crippen LogP contribution < -0.4 is 5.73 Å². The standard InChI is InChI=1S/C8H13NO.ClH/c1-3-7(9)8-5-4-6(2)10-8;/h4-5,7H,3,9H2,1-2H3;1H/t7-;/m1./s1. The summed E-state index contributed by atoms with van der Waals surface area (Å²) in [6.45, 7) is 3.97. The second-order valence-electron chi connectivity index (χ2n) is 2.46. The van der Waals surface area contributed by atoms with Crippen molar-refractivity contribution in [3.8, 4) is 0 Å². The Bertz CT molecular complexity index is 210. The molecule has 0 fully saturated rings. The van der Waals surface area contributed by atoms with Crippen LogP contribution in [0.5, 0.6) is 0 Å². The molecule has 1 atom stereocenters. The first-order valence-corrected chi connectivity index (χ1v) is 3.56. The lowest BCUT2D eigenvalue weighted by atomic mass is 10.2. The summed E-state index contributed by atoms with van der Waals surface area (Å²) in [5.41, 5.74) is 5.71. The monoisotopic (exact) mass is 175 g/mol. The zero-order valence-electron chi connectivity index (χ0n) is 6.83. The van der Waals surface area contributed by atoms with Crippen LogP contribution in [0.25, 0.3) is 0 Å². The summed E-state index contributed by atoms with van der Waals surface area (Å²) in [6, 6.07) is 3.93. The minimum atomic E-state index is 0. The number of furan rings is 1. The van der Waals surface area contributed by atoms with Crippen LogP contribution in [0.2, 0.25) is 0 Å². The van der Waals surface area contributed by atoms with Crippen molar-refractivity contribution >= 4 is 12.4 Å². The summed E-state index contributed by atoms with van der Waals surface area (Å²) in [7, 11) is 0. The van der Waals surface area contributed by atoms with E-state index >= 15 is 0 Å². The van der Waals surface area contributed by atoms with Gasteiger partial charge < -0.3 is 10.2 Å². The zero-order valence-corrected chi connectivity index (χ0v) is 7.65. The van der Waals surface area contributed by atoms with Gasteiger partial charge in [-0.2, -0.15) is 0 Å². The van der Waals surface area contributed by atoms with E-state index in [1.54, 1.807) is 0 Å². The fourth-order valence-corrected chi connectivity index (χ4v) is 0.854. The molecule has 0 aromatic carbocycles. The molecule has 1 aromatic rings. The molecule has 64 valence electrons. The van der Waals surface area contributed by atoms with E-state index in [4.69, 9.17) is 10.2 Å². The summed E-state index contributed by atoms with van der Waals surface area (Å²) < 4.78 is 5.31. The second kappa shape index (κ2) is 4.42. The highest BCUT2D eigenvalue weighted by molar-refractivity contribution is 5.85. The van der Waals surface area contributed by atoms with Crippen LogP contribution in [0.15, 0.2) is 16.5 Å². The summed E-state index contributed by atoms with van der Waals surface area (Å²) in [5, 5.41) is 0. The van der Waals surface area contributed by atoms with Crippen LogP contribution in [0.1, 0.15) is 30.9 Å². The second-order valence-corrected chi connectivity index (χ2v) is 2.46. The summed E-state index contributed by atoms with van der Waals surface area (Å²) in [4.78, 5) is 0. The summed E-state index contributed by atoms with van der Waals surface area (Å²) in [6.07, 6.45) is 0.924. The van der Waals surface area contributed by atoms with Crippen molar-refractivity contribution in [1.29, 1.82) is 0 Å². The highest BCUT2D eigenvalue weighted by Crippen LogP contribution is 2.15. The fourth-order valence-electron chi connectivity index (χ4n) is 0.854. The van der Waals surface area contributed by atoms with Gasteiger partial charge in [0, 0.05) is 0 Å². The van der Waals surface area contributed by atoms with Crippen LogP contribution in [0.4, 0.5) is 0 Å². The Morgan fingerprint density at radius 2 is 2.18 bits per heavy atom. The highest BCUT2D eigenvalue weighted by Gasteiger charge is 2.05. The minimum absolute atomic E-state index is 0. The smallest absolute Gasteiger partial charge is 0.120 e. The number of rotatable bonds is 2. The van der Waals surface area contributed by atoms with Gasteiger partial charge in [0.25, 0.3) is 0 Å². The quantitative estimate of drug-likeness (QED) is 0.750. The van der Waals surface area contributed by atoms with Gasteiger partial charge in [-0.15, -0.1) is 12.4 Å². The molecule has 0 saturated heterocycles. The molecular formula is C8H14ClNO. The molecule has 2 nitrogen and oxygen atoms in total. The molecule has 1 rings (SSSR count). The largest absolute Gasteiger partial charge is 0.465 e. The van der Waals surface area contributed by atoms with Gasteiger partial charge in [0.1, 0.15) is 11.5 Å². The average molecular weight is 176 g/mol. The molecule has 2 N–H and O–H groups in total. The number of hydrogen-bond acceptors (Lipinski definition) is 2. The first-order valence-electron chi connectivity index (χ1n) is 3.56. The Kier molecular flexibility index (Phi) is 4.23. The molecule has 0 amide bonds. The molecule has 0 saturated carbocycles. The summed E-state index contributed by atoms with van der Waals surface area (Å²) >= 11 is 0. The third-order valence-corrected chi connectivity index (χ3v) is 1.57. The van der Waals surface area contributed by atoms with Crippen molar-refractivity contribution in [2.45, 2.75) is 26.3 Å². The van der Waals surface area contributed by atoms with Crippen LogP contribution in [0.3, 0.4) is 0 Å². The third-order valence-electron chi connectivity index (χ3n) is 1.57. The van der Waals surface area contributed by atoms with Crippen LogP contribution in [-0.2, 0) is 0 Å². The lowest BCUT2D eigenvalue weighted by Crippen LogP contribution is -2.06. The topological polar surface area (TPSA) is 39.2 Å². The molecule has 0 aliphatic rings. The average Bonchev–Trinajstić information content (AvgIpc) is 2.34. The number of hydrogen-bond donors (Lipinski definition) is 1. The molecular weight excluding hydrogens is 162 g/mol. The van der Waals surface area contributed by atoms with Crippen molar-refractivity contribution in [2.24, 2.45) is 5.73 Å². The van der Waals surface area contributed by atoms with Crippen molar-refractivity contribution in [3.63, 3.8) is 0 Å². The van der Waals surface area contributed by atoms with Gasteiger partial charge in [0.15, 0.2) is 0 Å². The van der Waals surface area contributed by atoms with E-state index in [2.05, 4.69) is 0 Å². The SMILES string of the molecule is CC[C@@H](N)c1ccc(C)o1.Cl. The molecule has 0 unspecified atom stereocenters. The van der Waals surface area contributed by atoms with E-state index in [0.717, 1.165) is 17.9 Å². The van der Waals surface area contributed by atoms with Crippen LogP contribution in [-0.4, -0.2) is 0 Å². The van der Waals surface area contributed by atoms with E-state index in [1.807, 2.05) is 26.0 Å². The van der Waals surface area contributed by atoms with E-state index in [9.17, 15) is 0 Å². The first kappa shape index (κ1) is 10.5. The molecule has 3 heteroatoms. The zero-order chi connectivity index (χ0) is 7.56. The van der Waals surface area contributed by atoms with Crippen molar-refractivity contribution in [3.05, 3.63) is 23.7 Å². The molecule has 11 heavy (non-hydrogen) atoms. The minimum Gasteiger partial charge on any atom is -0.465 e. The molecule has 0 bridgehead atoms. The summed E-state index contributed by atoms with van der Waals surface area (Å²) in [5.74, 6) is 1.82. The number of halogens is 1. The highest BCUT2D eigenvalue weighted by atomic mass is 35.5. The van der Waals surface area contributed by atoms with Gasteiger partial charge >= 0.3 is 0 Å². The predicted molar refractivity (Wildman–Crippen MR) is 47.9 cm³/mol. The maximum atomic E-state index is 5.71. The third kappa shape index (κ3) is 2.56. The van der Waals surface area contributed by atoms with E-state index in [-0.39, 0.29) is 18.4 Å². The lowest BCUT2D eigenvalue weighted by Gasteiger charge is -2.02. The Balaban J connectivity index is 0.000001000. The Morgan fingerprint density at radius 3 is 2.55 bits per heavy atom. The van der Waals surface area contributed by atoms with Gasteiger partial charge in [-0.05, 0) is 25.5 Å². The Hall–Kier alpha value is -0.470. The van der Waals surface area contributed by atoms with Crippen LogP contribution in [0, 0.1) is 6.92 Å². The Morgan fingerprint density at radius 1 is 1.55 bits per heavy atom. The maximum absolute atomic E-state index is 5.71. The van der Waals surface area contributed by atoms with Crippen LogP contribution >= 0.6 is 12.4 Å². The fraction of sp³-hybridized carbons (Fsp3) is 0.500. The van der Waals surface area contributed by atoms with Gasteiger partial charge in [-0.1, -0.05) is 6.92 Å². The number of aryl methyl sites for hydroxylation is 1.